The Bertz CT molecular complexity index is 1190. The number of nitrogens with two attached hydrogens (primary N) is 1. The minimum atomic E-state index is -2.85. The number of rotatable bonds is 4. The van der Waals surface area contributed by atoms with E-state index in [4.69, 9.17) is 5.73 Å². The Morgan fingerprint density at radius 2 is 2.00 bits per heavy atom. The van der Waals surface area contributed by atoms with Gasteiger partial charge in [-0.05, 0) is 15.9 Å². The molecular formula is C16H11BrF2N6O2. The van der Waals surface area contributed by atoms with Crippen molar-refractivity contribution < 1.29 is 13.2 Å². The highest BCUT2D eigenvalue weighted by molar-refractivity contribution is 9.10. The van der Waals surface area contributed by atoms with Crippen LogP contribution in [-0.4, -0.2) is 24.1 Å². The second-order valence-corrected chi connectivity index (χ2v) is 6.35. The van der Waals surface area contributed by atoms with Crippen LogP contribution < -0.4 is 11.4 Å². The fraction of sp³-hybridized carbons (Fsp3) is 0.125. The maximum Gasteiger partial charge on any atom is 0.353 e. The number of alkyl halides is 2. The van der Waals surface area contributed by atoms with E-state index in [0.717, 1.165) is 21.0 Å². The molecule has 11 heteroatoms. The monoisotopic (exact) mass is 436 g/mol. The van der Waals surface area contributed by atoms with Crippen molar-refractivity contribution >= 4 is 27.5 Å². The van der Waals surface area contributed by atoms with Gasteiger partial charge >= 0.3 is 5.69 Å². The summed E-state index contributed by atoms with van der Waals surface area (Å²) in [5.41, 5.74) is 6.74. The van der Waals surface area contributed by atoms with Crippen molar-refractivity contribution in [2.75, 3.05) is 5.73 Å². The van der Waals surface area contributed by atoms with Crippen LogP contribution >= 0.6 is 15.9 Å². The molecule has 0 aliphatic heterocycles. The third-order valence-electron chi connectivity index (χ3n) is 3.92. The van der Waals surface area contributed by atoms with E-state index in [-0.39, 0.29) is 23.8 Å². The van der Waals surface area contributed by atoms with E-state index < -0.39 is 17.9 Å². The minimum absolute atomic E-state index is 0.0717. The van der Waals surface area contributed by atoms with Gasteiger partial charge < -0.3 is 10.2 Å². The molecule has 4 aromatic rings. The van der Waals surface area contributed by atoms with Crippen molar-refractivity contribution in [3.63, 3.8) is 0 Å². The Kier molecular flexibility index (Phi) is 4.22. The van der Waals surface area contributed by atoms with Crippen molar-refractivity contribution in [1.29, 1.82) is 0 Å². The summed E-state index contributed by atoms with van der Waals surface area (Å²) in [5.74, 6) is -0.674. The Hall–Kier alpha value is -3.08. The third-order valence-corrected chi connectivity index (χ3v) is 4.65. The van der Waals surface area contributed by atoms with Crippen LogP contribution in [-0.2, 0) is 6.54 Å². The standard InChI is InChI=1S/C16H11BrF2N6O2/c17-10-11(8-4-2-1-3-5-8)22-15(20)25-14(10)23-24(16(25)26)6-9-12(13(18)19)27-7-21-9/h1-5,7,13H,6H2,(H2,20,22). The fourth-order valence-electron chi connectivity index (χ4n) is 2.68. The lowest BCUT2D eigenvalue weighted by Crippen LogP contribution is -2.24. The van der Waals surface area contributed by atoms with E-state index in [1.54, 1.807) is 0 Å². The van der Waals surface area contributed by atoms with Gasteiger partial charge in [0.15, 0.2) is 17.8 Å². The first kappa shape index (κ1) is 17.3. The number of hydrogen-bond acceptors (Lipinski definition) is 6. The van der Waals surface area contributed by atoms with Crippen molar-refractivity contribution in [2.45, 2.75) is 13.0 Å². The number of nitrogens with zero attached hydrogens (tertiary/aromatic N) is 5. The molecule has 1 aromatic carbocycles. The number of hydrogen-bond donors (Lipinski definition) is 1. The lowest BCUT2D eigenvalue weighted by molar-refractivity contribution is 0.120. The average Bonchev–Trinajstić information content (AvgIpc) is 3.25. The van der Waals surface area contributed by atoms with Gasteiger partial charge in [0.25, 0.3) is 6.43 Å². The van der Waals surface area contributed by atoms with Crippen molar-refractivity contribution in [3.05, 3.63) is 63.1 Å². The van der Waals surface area contributed by atoms with Gasteiger partial charge in [0.2, 0.25) is 5.95 Å². The van der Waals surface area contributed by atoms with Crippen LogP contribution in [0.4, 0.5) is 14.7 Å². The number of oxazole rings is 1. The second-order valence-electron chi connectivity index (χ2n) is 5.56. The van der Waals surface area contributed by atoms with Crippen LogP contribution in [0.5, 0.6) is 0 Å². The molecule has 8 nitrogen and oxygen atoms in total. The summed E-state index contributed by atoms with van der Waals surface area (Å²) in [4.78, 5) is 20.6. The molecule has 0 aliphatic carbocycles. The summed E-state index contributed by atoms with van der Waals surface area (Å²) >= 11 is 3.41. The summed E-state index contributed by atoms with van der Waals surface area (Å²) in [5, 5.41) is 4.21. The molecule has 27 heavy (non-hydrogen) atoms. The summed E-state index contributed by atoms with van der Waals surface area (Å²) in [6, 6.07) is 9.21. The van der Waals surface area contributed by atoms with E-state index in [9.17, 15) is 13.6 Å². The van der Waals surface area contributed by atoms with Gasteiger partial charge in [0, 0.05) is 5.56 Å². The van der Waals surface area contributed by atoms with Gasteiger partial charge in [-0.3, -0.25) is 0 Å². The average molecular weight is 437 g/mol. The van der Waals surface area contributed by atoms with Crippen LogP contribution in [0.1, 0.15) is 17.9 Å². The number of benzene rings is 1. The zero-order chi connectivity index (χ0) is 19.1. The zero-order valence-corrected chi connectivity index (χ0v) is 15.1. The van der Waals surface area contributed by atoms with Gasteiger partial charge in [-0.2, -0.15) is 0 Å². The minimum Gasteiger partial charge on any atom is -0.442 e. The van der Waals surface area contributed by atoms with Gasteiger partial charge in [-0.1, -0.05) is 30.3 Å². The summed E-state index contributed by atoms with van der Waals surface area (Å²) in [6.45, 7) is -0.288. The van der Waals surface area contributed by atoms with Crippen LogP contribution in [0, 0.1) is 0 Å². The first-order chi connectivity index (χ1) is 13.0. The maximum absolute atomic E-state index is 13.0. The highest BCUT2D eigenvalue weighted by atomic mass is 79.9. The topological polar surface area (TPSA) is 104 Å². The normalized spacial score (nSPS) is 11.6. The summed E-state index contributed by atoms with van der Waals surface area (Å²) < 4.78 is 33.1. The Labute approximate surface area is 158 Å². The third kappa shape index (κ3) is 2.89. The molecule has 0 spiro atoms. The van der Waals surface area contributed by atoms with E-state index in [1.807, 2.05) is 30.3 Å². The van der Waals surface area contributed by atoms with E-state index in [0.29, 0.717) is 10.2 Å². The first-order valence-electron chi connectivity index (χ1n) is 7.67. The Balaban J connectivity index is 1.86. The molecule has 138 valence electrons. The van der Waals surface area contributed by atoms with Crippen LogP contribution in [0.25, 0.3) is 16.9 Å². The highest BCUT2D eigenvalue weighted by Gasteiger charge is 2.22. The van der Waals surface area contributed by atoms with Gasteiger partial charge in [0.1, 0.15) is 5.69 Å². The van der Waals surface area contributed by atoms with Crippen LogP contribution in [0.15, 0.2) is 50.4 Å². The van der Waals surface area contributed by atoms with Crippen molar-refractivity contribution in [1.82, 2.24) is 24.1 Å². The fourth-order valence-corrected chi connectivity index (χ4v) is 3.26. The first-order valence-corrected chi connectivity index (χ1v) is 8.47. The largest absolute Gasteiger partial charge is 0.442 e. The van der Waals surface area contributed by atoms with E-state index in [2.05, 4.69) is 35.4 Å². The van der Waals surface area contributed by atoms with E-state index >= 15 is 0 Å². The molecule has 0 radical (unpaired) electrons. The van der Waals surface area contributed by atoms with Crippen LogP contribution in [0.3, 0.4) is 0 Å². The number of halogens is 3. The maximum atomic E-state index is 13.0. The molecule has 0 unspecified atom stereocenters. The summed E-state index contributed by atoms with van der Waals surface area (Å²) in [6.07, 6.45) is -1.95. The molecule has 0 saturated heterocycles. The van der Waals surface area contributed by atoms with Gasteiger partial charge in [-0.15, -0.1) is 5.10 Å². The number of nitrogen functional groups attached to an aromatic ring is 1. The molecule has 0 aliphatic rings. The molecule has 0 atom stereocenters. The van der Waals surface area contributed by atoms with Crippen LogP contribution in [0.2, 0.25) is 0 Å². The predicted octanol–water partition coefficient (Wildman–Crippen LogP) is 2.88. The molecule has 0 bridgehead atoms. The van der Waals surface area contributed by atoms with Crippen molar-refractivity contribution in [3.8, 4) is 11.3 Å². The number of aromatic nitrogens is 5. The molecule has 4 rings (SSSR count). The molecule has 0 amide bonds. The summed E-state index contributed by atoms with van der Waals surface area (Å²) in [7, 11) is 0. The lowest BCUT2D eigenvalue weighted by atomic mass is 10.1. The predicted molar refractivity (Wildman–Crippen MR) is 95.4 cm³/mol. The zero-order valence-electron chi connectivity index (χ0n) is 13.5. The Morgan fingerprint density at radius 1 is 1.26 bits per heavy atom. The molecule has 3 aromatic heterocycles. The van der Waals surface area contributed by atoms with Crippen molar-refractivity contribution in [2.24, 2.45) is 0 Å². The lowest BCUT2D eigenvalue weighted by Gasteiger charge is -2.06. The number of fused-ring (bicyclic) bond motifs is 1. The smallest absolute Gasteiger partial charge is 0.353 e. The van der Waals surface area contributed by atoms with E-state index in [1.165, 1.54) is 0 Å². The molecule has 0 saturated carbocycles. The molecule has 0 fully saturated rings. The molecule has 2 N–H and O–H groups in total. The number of anilines is 1. The molecule has 3 heterocycles. The van der Waals surface area contributed by atoms with Gasteiger partial charge in [0.05, 0.1) is 16.7 Å². The van der Waals surface area contributed by atoms with Gasteiger partial charge in [-0.25, -0.2) is 32.6 Å². The Morgan fingerprint density at radius 3 is 2.70 bits per heavy atom. The quantitative estimate of drug-likeness (QED) is 0.527. The highest BCUT2D eigenvalue weighted by Crippen LogP contribution is 2.30. The molecular weight excluding hydrogens is 426 g/mol. The second kappa shape index (κ2) is 6.58. The SMILES string of the molecule is Nc1nc(-c2ccccc2)c(Br)c2nn(Cc3ncoc3C(F)F)c(=O)n12.